The highest BCUT2D eigenvalue weighted by atomic mass is 31.2. The number of nitrogens with zero attached hydrogens (tertiary/aromatic N) is 4. The van der Waals surface area contributed by atoms with Gasteiger partial charge in [-0.25, -0.2) is 11.2 Å². The standard InChI is InChI=1S/C23H39N4O5P/c1-17(2)25-14-22(26-11-9-20(28)13-21(26)29)32-23(7,15-25)16-31-33(30-12-10-24-8)27(18(3)4)19(5)6/h9,11,17-19,22H,10,12-16H2,1-7H3/t22-,23+,33?/m1/s1/i7D. The van der Waals surface area contributed by atoms with Crippen molar-refractivity contribution in [2.45, 2.75) is 84.8 Å². The van der Waals surface area contributed by atoms with Gasteiger partial charge >= 0.3 is 0 Å². The molecule has 186 valence electrons. The zero-order valence-corrected chi connectivity index (χ0v) is 21.6. The van der Waals surface area contributed by atoms with Crippen LogP contribution in [0.25, 0.3) is 4.85 Å². The Hall–Kier alpha value is -1.40. The van der Waals surface area contributed by atoms with E-state index in [-0.39, 0.29) is 62.9 Å². The molecule has 2 rings (SSSR count). The van der Waals surface area contributed by atoms with Crippen molar-refractivity contribution in [2.75, 3.05) is 32.8 Å². The van der Waals surface area contributed by atoms with Crippen molar-refractivity contribution in [3.05, 3.63) is 23.7 Å². The van der Waals surface area contributed by atoms with Crippen LogP contribution in [0.15, 0.2) is 12.3 Å². The second-order valence-electron chi connectivity index (χ2n) is 9.33. The summed E-state index contributed by atoms with van der Waals surface area (Å²) in [5.74, 6) is -0.532. The Labute approximate surface area is 201 Å². The van der Waals surface area contributed by atoms with Gasteiger partial charge in [0, 0.05) is 38.8 Å². The van der Waals surface area contributed by atoms with Gasteiger partial charge < -0.3 is 18.6 Å². The third-order valence-electron chi connectivity index (χ3n) is 5.43. The number of amides is 1. The van der Waals surface area contributed by atoms with E-state index in [1.165, 1.54) is 17.2 Å². The van der Waals surface area contributed by atoms with E-state index in [0.29, 0.717) is 13.1 Å². The second-order valence-corrected chi connectivity index (χ2v) is 10.8. The topological polar surface area (TPSA) is 75.9 Å². The Morgan fingerprint density at radius 1 is 1.30 bits per heavy atom. The summed E-state index contributed by atoms with van der Waals surface area (Å²) < 4.78 is 29.2. The lowest BCUT2D eigenvalue weighted by molar-refractivity contribution is -0.206. The van der Waals surface area contributed by atoms with Crippen LogP contribution in [0.2, 0.25) is 0 Å². The minimum atomic E-state index is -1.48. The Morgan fingerprint density at radius 2 is 2.00 bits per heavy atom. The van der Waals surface area contributed by atoms with Crippen molar-refractivity contribution in [1.29, 1.82) is 0 Å². The maximum Gasteiger partial charge on any atom is 0.259 e. The van der Waals surface area contributed by atoms with Crippen molar-refractivity contribution in [3.63, 3.8) is 0 Å². The number of rotatable bonds is 11. The van der Waals surface area contributed by atoms with Crippen LogP contribution in [0.3, 0.4) is 0 Å². The fourth-order valence-electron chi connectivity index (χ4n) is 3.90. The van der Waals surface area contributed by atoms with E-state index < -0.39 is 20.4 Å². The quantitative estimate of drug-likeness (QED) is 0.193. The Balaban J connectivity index is 2.26. The highest BCUT2D eigenvalue weighted by Crippen LogP contribution is 2.47. The van der Waals surface area contributed by atoms with Gasteiger partial charge in [0.15, 0.2) is 5.78 Å². The number of hydrogen-bond acceptors (Lipinski definition) is 7. The maximum atomic E-state index is 12.6. The molecule has 1 fully saturated rings. The Bertz CT molecular complexity index is 767. The second kappa shape index (κ2) is 12.3. The Morgan fingerprint density at radius 3 is 2.55 bits per heavy atom. The van der Waals surface area contributed by atoms with Crippen molar-refractivity contribution >= 4 is 20.2 Å². The van der Waals surface area contributed by atoms with Gasteiger partial charge in [0.05, 0.1) is 13.0 Å². The molecule has 0 aromatic carbocycles. The van der Waals surface area contributed by atoms with E-state index in [0.717, 1.165) is 0 Å². The predicted molar refractivity (Wildman–Crippen MR) is 128 cm³/mol. The first-order valence-corrected chi connectivity index (χ1v) is 12.6. The fourth-order valence-corrected chi connectivity index (χ4v) is 5.58. The molecular formula is C23H39N4O5P. The number of morpholine rings is 1. The monoisotopic (exact) mass is 483 g/mol. The van der Waals surface area contributed by atoms with Crippen molar-refractivity contribution in [2.24, 2.45) is 0 Å². The Kier molecular flexibility index (Phi) is 9.81. The molecule has 0 aliphatic carbocycles. The molecule has 0 bridgehead atoms. The summed E-state index contributed by atoms with van der Waals surface area (Å²) in [6, 6.07) is 0.487. The van der Waals surface area contributed by atoms with Gasteiger partial charge in [-0.2, -0.15) is 0 Å². The normalized spacial score (nSPS) is 25.9. The minimum absolute atomic E-state index is 0.0635. The van der Waals surface area contributed by atoms with Gasteiger partial charge in [-0.05, 0) is 54.5 Å². The maximum absolute atomic E-state index is 12.6. The highest BCUT2D eigenvalue weighted by molar-refractivity contribution is 7.44. The lowest BCUT2D eigenvalue weighted by Crippen LogP contribution is -2.62. The van der Waals surface area contributed by atoms with E-state index in [2.05, 4.69) is 56.0 Å². The van der Waals surface area contributed by atoms with Gasteiger partial charge in [-0.15, -0.1) is 0 Å². The van der Waals surface area contributed by atoms with Crippen LogP contribution in [0.4, 0.5) is 0 Å². The van der Waals surface area contributed by atoms with Gasteiger partial charge in [0.25, 0.3) is 8.53 Å². The molecule has 3 atom stereocenters. The zero-order valence-electron chi connectivity index (χ0n) is 21.7. The van der Waals surface area contributed by atoms with Crippen LogP contribution in [0, 0.1) is 6.57 Å². The number of ether oxygens (including phenoxy) is 1. The number of ketones is 1. The summed E-state index contributed by atoms with van der Waals surface area (Å²) in [4.78, 5) is 31.2. The average molecular weight is 484 g/mol. The third-order valence-corrected chi connectivity index (χ3v) is 7.49. The molecule has 1 saturated heterocycles. The molecule has 0 aromatic heterocycles. The van der Waals surface area contributed by atoms with Gasteiger partial charge in [-0.1, -0.05) is 0 Å². The average Bonchev–Trinajstić information content (AvgIpc) is 2.76. The van der Waals surface area contributed by atoms with Crippen molar-refractivity contribution < 1.29 is 24.7 Å². The molecule has 0 radical (unpaired) electrons. The van der Waals surface area contributed by atoms with Gasteiger partial charge in [0.2, 0.25) is 12.5 Å². The number of allylic oxidation sites excluding steroid dienone is 1. The first-order valence-electron chi connectivity index (χ1n) is 12.1. The molecule has 0 saturated carbocycles. The summed E-state index contributed by atoms with van der Waals surface area (Å²) in [5, 5.41) is 0. The van der Waals surface area contributed by atoms with Crippen LogP contribution in [-0.4, -0.2) is 89.0 Å². The van der Waals surface area contributed by atoms with Crippen LogP contribution in [0.1, 0.15) is 56.2 Å². The van der Waals surface area contributed by atoms with E-state index in [4.69, 9.17) is 21.7 Å². The van der Waals surface area contributed by atoms with Gasteiger partial charge in [-0.3, -0.25) is 19.4 Å². The zero-order chi connectivity index (χ0) is 25.5. The first-order chi connectivity index (χ1) is 16.0. The van der Waals surface area contributed by atoms with Crippen molar-refractivity contribution in [3.8, 4) is 0 Å². The lowest BCUT2D eigenvalue weighted by Gasteiger charge is -2.49. The minimum Gasteiger partial charge on any atom is -0.347 e. The van der Waals surface area contributed by atoms with Crippen LogP contribution >= 0.6 is 8.53 Å². The first kappa shape index (κ1) is 26.2. The van der Waals surface area contributed by atoms with E-state index >= 15 is 0 Å². The van der Waals surface area contributed by atoms with E-state index in [1.54, 1.807) is 0 Å². The molecule has 9 nitrogen and oxygen atoms in total. The van der Waals surface area contributed by atoms with Crippen LogP contribution in [-0.2, 0) is 23.4 Å². The number of carbonyl (C=O) groups is 2. The fraction of sp³-hybridized carbons (Fsp3) is 0.783. The van der Waals surface area contributed by atoms with Crippen molar-refractivity contribution in [1.82, 2.24) is 14.5 Å². The summed E-state index contributed by atoms with van der Waals surface area (Å²) in [6.45, 7) is 21.0. The molecule has 0 aromatic rings. The number of carbonyl (C=O) groups excluding carboxylic acids is 2. The largest absolute Gasteiger partial charge is 0.347 e. The molecular weight excluding hydrogens is 443 g/mol. The summed E-state index contributed by atoms with van der Waals surface area (Å²) in [7, 11) is -1.48. The molecule has 2 aliphatic heterocycles. The van der Waals surface area contributed by atoms with Crippen LogP contribution < -0.4 is 0 Å². The SMILES string of the molecule is [2H]C[C@@]1(COP(OCC[N+]#[C-])N(C(C)C)C(C)C)CN(C(C)C)C[C@H](N2C=CC(=O)CC2=O)O1. The summed E-state index contributed by atoms with van der Waals surface area (Å²) >= 11 is 0. The molecule has 10 heteroatoms. The highest BCUT2D eigenvalue weighted by Gasteiger charge is 2.43. The van der Waals surface area contributed by atoms with Crippen LogP contribution in [0.5, 0.6) is 0 Å². The van der Waals surface area contributed by atoms with E-state index in [9.17, 15) is 9.59 Å². The van der Waals surface area contributed by atoms with Gasteiger partial charge in [0.1, 0.15) is 18.4 Å². The smallest absolute Gasteiger partial charge is 0.259 e. The molecule has 0 spiro atoms. The van der Waals surface area contributed by atoms with E-state index in [1.807, 2.05) is 0 Å². The molecule has 2 heterocycles. The molecule has 1 amide bonds. The molecule has 0 N–H and O–H groups in total. The summed E-state index contributed by atoms with van der Waals surface area (Å²) in [5.41, 5.74) is -0.980. The third kappa shape index (κ3) is 7.81. The molecule has 1 unspecified atom stereocenters. The summed E-state index contributed by atoms with van der Waals surface area (Å²) in [6.07, 6.45) is 2.08. The predicted octanol–water partition coefficient (Wildman–Crippen LogP) is 3.43. The molecule has 2 aliphatic rings. The lowest BCUT2D eigenvalue weighted by atomic mass is 10.0. The number of hydrogen-bond donors (Lipinski definition) is 0. The molecule has 33 heavy (non-hydrogen) atoms.